The average Bonchev–Trinajstić information content (AvgIpc) is 2.89. The molecule has 1 aliphatic heterocycles. The first kappa shape index (κ1) is 27.3. The van der Waals surface area contributed by atoms with Gasteiger partial charge in [-0.25, -0.2) is 0 Å². The third-order valence-corrected chi connectivity index (χ3v) is 10.3. The van der Waals surface area contributed by atoms with E-state index in [4.69, 9.17) is 4.74 Å². The molecule has 1 saturated heterocycles. The van der Waals surface area contributed by atoms with E-state index in [2.05, 4.69) is 19.1 Å². The highest BCUT2D eigenvalue weighted by Gasteiger charge is 2.33. The molecule has 3 aliphatic carbocycles. The summed E-state index contributed by atoms with van der Waals surface area (Å²) < 4.78 is 31.0. The number of halogens is 2. The summed E-state index contributed by atoms with van der Waals surface area (Å²) in [7, 11) is 0. The van der Waals surface area contributed by atoms with Crippen LogP contribution in [0.2, 0.25) is 0 Å². The minimum Gasteiger partial charge on any atom is -0.377 e. The van der Waals surface area contributed by atoms with Gasteiger partial charge in [-0.3, -0.25) is 0 Å². The summed E-state index contributed by atoms with van der Waals surface area (Å²) in [5.74, 6) is 5.40. The minimum atomic E-state index is -1.55. The Kier molecular flexibility index (Phi) is 11.2. The Morgan fingerprint density at radius 2 is 1.23 bits per heavy atom. The van der Waals surface area contributed by atoms with E-state index in [1.165, 1.54) is 103 Å². The monoisotopic (exact) mass is 490 g/mol. The molecule has 1 heterocycles. The van der Waals surface area contributed by atoms with Crippen LogP contribution >= 0.6 is 0 Å². The van der Waals surface area contributed by atoms with E-state index in [1.54, 1.807) is 0 Å². The van der Waals surface area contributed by atoms with E-state index >= 15 is 0 Å². The second-order valence-electron chi connectivity index (χ2n) is 12.7. The van der Waals surface area contributed by atoms with Gasteiger partial charge in [-0.1, -0.05) is 64.0 Å². The molecule has 2 atom stereocenters. The minimum absolute atomic E-state index is 0.0783. The van der Waals surface area contributed by atoms with Gasteiger partial charge in [0.1, 0.15) is 0 Å². The lowest BCUT2D eigenvalue weighted by Gasteiger charge is -2.39. The van der Waals surface area contributed by atoms with Gasteiger partial charge in [-0.05, 0) is 112 Å². The molecule has 3 heteroatoms. The van der Waals surface area contributed by atoms with Crippen LogP contribution in [0, 0.1) is 41.4 Å². The maximum absolute atomic E-state index is 12.5. The molecule has 3 saturated carbocycles. The molecule has 0 amide bonds. The first-order valence-corrected chi connectivity index (χ1v) is 15.4. The Morgan fingerprint density at radius 3 is 1.74 bits per heavy atom. The van der Waals surface area contributed by atoms with E-state index in [9.17, 15) is 8.78 Å². The first-order valence-electron chi connectivity index (χ1n) is 15.4. The Morgan fingerprint density at radius 1 is 0.686 bits per heavy atom. The third-order valence-electron chi connectivity index (χ3n) is 10.3. The zero-order valence-corrected chi connectivity index (χ0v) is 22.5. The van der Waals surface area contributed by atoms with Crippen molar-refractivity contribution in [2.45, 2.75) is 129 Å². The summed E-state index contributed by atoms with van der Waals surface area (Å²) in [5, 5.41) is 0. The molecule has 4 fully saturated rings. The molecule has 0 spiro atoms. The number of unbranched alkanes of at least 4 members (excludes halogenated alkanes) is 1. The number of hydrogen-bond donors (Lipinski definition) is 0. The first-order chi connectivity index (χ1) is 17.1. The van der Waals surface area contributed by atoms with E-state index in [0.717, 1.165) is 48.5 Å². The normalized spacial score (nSPS) is 38.9. The van der Waals surface area contributed by atoms with E-state index in [-0.39, 0.29) is 5.92 Å². The largest absolute Gasteiger partial charge is 0.377 e. The van der Waals surface area contributed by atoms with Crippen LogP contribution < -0.4 is 0 Å². The standard InChI is InChI=1S/C32H52F2O/c1-2-3-4-5-24-8-15-28(16-9-24)29-17-10-25(11-18-29)6-7-26-12-19-30(20-13-26)31-21-14-27(23-35-31)22-32(33)34/h4-5,22,24-31H,2-3,6-21,23H2,1H3. The Labute approximate surface area is 214 Å². The summed E-state index contributed by atoms with van der Waals surface area (Å²) in [6, 6.07) is 0. The van der Waals surface area contributed by atoms with Crippen molar-refractivity contribution in [2.75, 3.05) is 6.61 Å². The summed E-state index contributed by atoms with van der Waals surface area (Å²) in [5.41, 5.74) is 0. The number of allylic oxidation sites excluding steroid dienone is 2. The van der Waals surface area contributed by atoms with Crippen molar-refractivity contribution in [3.63, 3.8) is 0 Å². The Bertz CT molecular complexity index is 636. The van der Waals surface area contributed by atoms with Gasteiger partial charge in [-0.15, -0.1) is 0 Å². The predicted molar refractivity (Wildman–Crippen MR) is 142 cm³/mol. The van der Waals surface area contributed by atoms with Crippen LogP contribution in [0.25, 0.3) is 0 Å². The highest BCUT2D eigenvalue weighted by molar-refractivity contribution is 4.93. The molecule has 2 unspecified atom stereocenters. The number of hydrogen-bond acceptors (Lipinski definition) is 1. The SMILES string of the molecule is CCCC=CC1CCC(C2CCC(CCC3CCC(C4CCC(C=C(F)F)CO4)CC3)CC2)CC1. The molecule has 4 rings (SSSR count). The highest BCUT2D eigenvalue weighted by atomic mass is 19.3. The van der Waals surface area contributed by atoms with Gasteiger partial charge < -0.3 is 4.74 Å². The second-order valence-corrected chi connectivity index (χ2v) is 12.7. The topological polar surface area (TPSA) is 9.23 Å². The van der Waals surface area contributed by atoms with Crippen LogP contribution in [0.3, 0.4) is 0 Å². The van der Waals surface area contributed by atoms with Crippen molar-refractivity contribution in [2.24, 2.45) is 41.4 Å². The molecule has 0 radical (unpaired) electrons. The van der Waals surface area contributed by atoms with E-state index < -0.39 is 6.08 Å². The smallest absolute Gasteiger partial charge is 0.266 e. The van der Waals surface area contributed by atoms with Crippen LogP contribution in [0.1, 0.15) is 122 Å². The summed E-state index contributed by atoms with van der Waals surface area (Å²) >= 11 is 0. The summed E-state index contributed by atoms with van der Waals surface area (Å²) in [6.45, 7) is 2.76. The Balaban J connectivity index is 1.06. The van der Waals surface area contributed by atoms with Crippen molar-refractivity contribution < 1.29 is 13.5 Å². The van der Waals surface area contributed by atoms with E-state index in [0.29, 0.717) is 18.6 Å². The number of rotatable bonds is 9. The fourth-order valence-electron chi connectivity index (χ4n) is 8.01. The van der Waals surface area contributed by atoms with Crippen molar-refractivity contribution >= 4 is 0 Å². The quantitative estimate of drug-likeness (QED) is 0.292. The van der Waals surface area contributed by atoms with Gasteiger partial charge in [0.25, 0.3) is 6.08 Å². The van der Waals surface area contributed by atoms with Crippen LogP contribution in [0.15, 0.2) is 24.3 Å². The maximum Gasteiger partial charge on any atom is 0.266 e. The molecule has 0 aromatic rings. The van der Waals surface area contributed by atoms with Crippen molar-refractivity contribution in [3.05, 3.63) is 24.3 Å². The molecule has 0 aromatic heterocycles. The van der Waals surface area contributed by atoms with Crippen molar-refractivity contribution in [3.8, 4) is 0 Å². The zero-order chi connectivity index (χ0) is 24.5. The summed E-state index contributed by atoms with van der Waals surface area (Å²) in [4.78, 5) is 0. The van der Waals surface area contributed by atoms with Gasteiger partial charge >= 0.3 is 0 Å². The average molecular weight is 491 g/mol. The van der Waals surface area contributed by atoms with Gasteiger partial charge in [0.2, 0.25) is 0 Å². The van der Waals surface area contributed by atoms with Crippen LogP contribution in [0.5, 0.6) is 0 Å². The molecule has 0 bridgehead atoms. The van der Waals surface area contributed by atoms with Gasteiger partial charge in [0.05, 0.1) is 12.7 Å². The summed E-state index contributed by atoms with van der Waals surface area (Å²) in [6.07, 6.45) is 29.2. The molecular weight excluding hydrogens is 438 g/mol. The highest BCUT2D eigenvalue weighted by Crippen LogP contribution is 2.44. The lowest BCUT2D eigenvalue weighted by Crippen LogP contribution is -2.33. The molecule has 200 valence electrons. The molecule has 0 N–H and O–H groups in total. The van der Waals surface area contributed by atoms with Gasteiger partial charge in [-0.2, -0.15) is 8.78 Å². The van der Waals surface area contributed by atoms with Crippen LogP contribution in [-0.2, 0) is 4.74 Å². The number of ether oxygens (including phenoxy) is 1. The maximum atomic E-state index is 12.5. The van der Waals surface area contributed by atoms with Crippen molar-refractivity contribution in [1.29, 1.82) is 0 Å². The van der Waals surface area contributed by atoms with Crippen LogP contribution in [0.4, 0.5) is 8.78 Å². The lowest BCUT2D eigenvalue weighted by molar-refractivity contribution is -0.0500. The Hall–Kier alpha value is -0.700. The second kappa shape index (κ2) is 14.3. The van der Waals surface area contributed by atoms with Crippen molar-refractivity contribution in [1.82, 2.24) is 0 Å². The molecule has 0 aromatic carbocycles. The zero-order valence-electron chi connectivity index (χ0n) is 22.5. The fraction of sp³-hybridized carbons (Fsp3) is 0.875. The molecule has 4 aliphatic rings. The fourth-order valence-corrected chi connectivity index (χ4v) is 8.01. The molecule has 1 nitrogen and oxygen atoms in total. The molecular formula is C32H52F2O. The molecule has 35 heavy (non-hydrogen) atoms. The van der Waals surface area contributed by atoms with Gasteiger partial charge in [0.15, 0.2) is 0 Å². The van der Waals surface area contributed by atoms with E-state index in [1.807, 2.05) is 0 Å². The predicted octanol–water partition coefficient (Wildman–Crippen LogP) is 10.1. The third kappa shape index (κ3) is 8.68. The lowest BCUT2D eigenvalue weighted by atomic mass is 9.68. The van der Waals surface area contributed by atoms with Gasteiger partial charge in [0, 0.05) is 5.92 Å². The van der Waals surface area contributed by atoms with Crippen LogP contribution in [-0.4, -0.2) is 12.7 Å².